The number of rotatable bonds is 4. The van der Waals surface area contributed by atoms with Crippen molar-refractivity contribution in [1.29, 1.82) is 0 Å². The smallest absolute Gasteiger partial charge is 0.269 e. The number of hydrogen-bond acceptors (Lipinski definition) is 3. The van der Waals surface area contributed by atoms with E-state index in [1.54, 1.807) is 36.4 Å². The molecule has 1 heterocycles. The molecule has 0 aliphatic rings. The predicted molar refractivity (Wildman–Crippen MR) is 67.4 cm³/mol. The van der Waals surface area contributed by atoms with Gasteiger partial charge in [0.25, 0.3) is 5.91 Å². The second-order valence-corrected chi connectivity index (χ2v) is 3.94. The quantitative estimate of drug-likeness (QED) is 0.797. The topological polar surface area (TPSA) is 48.3 Å². The van der Waals surface area contributed by atoms with E-state index in [2.05, 4.69) is 0 Å². The first-order chi connectivity index (χ1) is 8.72. The number of aromatic nitrogens is 1. The van der Waals surface area contributed by atoms with Crippen molar-refractivity contribution in [2.45, 2.75) is 0 Å². The Balaban J connectivity index is 2.05. The lowest BCUT2D eigenvalue weighted by Crippen LogP contribution is -2.20. The Labute approximate surface area is 109 Å². The zero-order valence-corrected chi connectivity index (χ0v) is 10.1. The van der Waals surface area contributed by atoms with E-state index >= 15 is 0 Å². The van der Waals surface area contributed by atoms with Crippen molar-refractivity contribution in [2.75, 3.05) is 6.61 Å². The lowest BCUT2D eigenvalue weighted by atomic mass is 10.3. The van der Waals surface area contributed by atoms with Crippen LogP contribution in [0.3, 0.4) is 0 Å². The number of nitrogens with zero attached hydrogens (tertiary/aromatic N) is 1. The fraction of sp³-hybridized carbons (Fsp3) is 0.0769. The molecule has 0 unspecified atom stereocenters. The van der Waals surface area contributed by atoms with Gasteiger partial charge < -0.3 is 4.74 Å². The first-order valence-electron chi connectivity index (χ1n) is 5.25. The van der Waals surface area contributed by atoms with Gasteiger partial charge in [0.2, 0.25) is 0 Å². The summed E-state index contributed by atoms with van der Waals surface area (Å²) in [6.07, 6.45) is 2.13. The molecule has 5 heteroatoms. The maximum absolute atomic E-state index is 11.8. The highest BCUT2D eigenvalue weighted by atomic mass is 35.5. The standard InChI is InChI=1S/C13H10ClNO3/c14-11-5-1-2-6-12(11)18-9-13(17)15-7-3-4-10(15)8-16/h1-8H,9H2. The predicted octanol–water partition coefficient (Wildman–Crippen LogP) is 2.67. The average Bonchev–Trinajstić information content (AvgIpc) is 2.86. The van der Waals surface area contributed by atoms with E-state index < -0.39 is 0 Å². The van der Waals surface area contributed by atoms with Crippen LogP contribution in [-0.2, 0) is 0 Å². The molecule has 2 rings (SSSR count). The lowest BCUT2D eigenvalue weighted by molar-refractivity contribution is 0.0829. The van der Waals surface area contributed by atoms with Gasteiger partial charge in [0.15, 0.2) is 12.9 Å². The lowest BCUT2D eigenvalue weighted by Gasteiger charge is -2.08. The molecule has 4 nitrogen and oxygen atoms in total. The minimum Gasteiger partial charge on any atom is -0.482 e. The number of halogens is 1. The maximum atomic E-state index is 11.8. The van der Waals surface area contributed by atoms with Crippen molar-refractivity contribution in [3.05, 3.63) is 53.3 Å². The van der Waals surface area contributed by atoms with E-state index in [-0.39, 0.29) is 12.5 Å². The van der Waals surface area contributed by atoms with Crippen molar-refractivity contribution >= 4 is 23.8 Å². The molecule has 0 saturated heterocycles. The third kappa shape index (κ3) is 2.60. The highest BCUT2D eigenvalue weighted by Crippen LogP contribution is 2.22. The van der Waals surface area contributed by atoms with Crippen LogP contribution in [0.1, 0.15) is 15.3 Å². The Morgan fingerprint density at radius 3 is 2.78 bits per heavy atom. The maximum Gasteiger partial charge on any atom is 0.269 e. The Morgan fingerprint density at radius 1 is 1.28 bits per heavy atom. The fourth-order valence-corrected chi connectivity index (χ4v) is 1.68. The molecule has 92 valence electrons. The third-order valence-corrected chi connectivity index (χ3v) is 2.67. The minimum atomic E-state index is -0.331. The van der Waals surface area contributed by atoms with Gasteiger partial charge in [-0.3, -0.25) is 14.2 Å². The van der Waals surface area contributed by atoms with Gasteiger partial charge in [-0.25, -0.2) is 0 Å². The SMILES string of the molecule is O=Cc1cccn1C(=O)COc1ccccc1Cl. The molecule has 0 aliphatic carbocycles. The van der Waals surface area contributed by atoms with E-state index in [0.29, 0.717) is 22.8 Å². The minimum absolute atomic E-state index is 0.181. The van der Waals surface area contributed by atoms with E-state index in [4.69, 9.17) is 16.3 Å². The first-order valence-corrected chi connectivity index (χ1v) is 5.63. The van der Waals surface area contributed by atoms with Crippen LogP contribution in [0.15, 0.2) is 42.6 Å². The second-order valence-electron chi connectivity index (χ2n) is 3.53. The van der Waals surface area contributed by atoms with Gasteiger partial charge >= 0.3 is 0 Å². The van der Waals surface area contributed by atoms with Gasteiger partial charge in [0, 0.05) is 6.20 Å². The largest absolute Gasteiger partial charge is 0.482 e. The molecule has 0 atom stereocenters. The van der Waals surface area contributed by atoms with Crippen LogP contribution in [0, 0.1) is 0 Å². The highest BCUT2D eigenvalue weighted by molar-refractivity contribution is 6.32. The monoisotopic (exact) mass is 263 g/mol. The molecule has 0 saturated carbocycles. The molecule has 0 aliphatic heterocycles. The molecule has 18 heavy (non-hydrogen) atoms. The van der Waals surface area contributed by atoms with Crippen LogP contribution in [-0.4, -0.2) is 23.4 Å². The molecule has 0 spiro atoms. The van der Waals surface area contributed by atoms with Crippen LogP contribution < -0.4 is 4.74 Å². The molecular weight excluding hydrogens is 254 g/mol. The number of ether oxygens (including phenoxy) is 1. The third-order valence-electron chi connectivity index (χ3n) is 2.36. The van der Waals surface area contributed by atoms with Crippen molar-refractivity contribution in [1.82, 2.24) is 4.57 Å². The average molecular weight is 264 g/mol. The molecule has 0 amide bonds. The summed E-state index contributed by atoms with van der Waals surface area (Å²) in [5.41, 5.74) is 0.294. The Morgan fingerprint density at radius 2 is 2.06 bits per heavy atom. The molecule has 0 fully saturated rings. The molecule has 2 aromatic rings. The van der Waals surface area contributed by atoms with Gasteiger partial charge in [0.05, 0.1) is 10.7 Å². The number of para-hydroxylation sites is 1. The molecule has 0 bridgehead atoms. The van der Waals surface area contributed by atoms with Crippen LogP contribution in [0.5, 0.6) is 5.75 Å². The van der Waals surface area contributed by atoms with Crippen LogP contribution in [0.2, 0.25) is 5.02 Å². The summed E-state index contributed by atoms with van der Waals surface area (Å²) in [5, 5.41) is 0.438. The molecule has 1 aromatic carbocycles. The first kappa shape index (κ1) is 12.4. The van der Waals surface area contributed by atoms with Gasteiger partial charge in [0.1, 0.15) is 5.75 Å². The van der Waals surface area contributed by atoms with Gasteiger partial charge in [-0.2, -0.15) is 0 Å². The summed E-state index contributed by atoms with van der Waals surface area (Å²) in [6.45, 7) is -0.181. The van der Waals surface area contributed by atoms with Crippen LogP contribution in [0.25, 0.3) is 0 Å². The van der Waals surface area contributed by atoms with Gasteiger partial charge in [-0.1, -0.05) is 23.7 Å². The van der Waals surface area contributed by atoms with Crippen molar-refractivity contribution in [3.63, 3.8) is 0 Å². The van der Waals surface area contributed by atoms with Crippen molar-refractivity contribution in [3.8, 4) is 5.75 Å². The number of carbonyl (C=O) groups is 2. The molecular formula is C13H10ClNO3. The number of hydrogen-bond donors (Lipinski definition) is 0. The van der Waals surface area contributed by atoms with Gasteiger partial charge in [-0.05, 0) is 24.3 Å². The summed E-state index contributed by atoms with van der Waals surface area (Å²) < 4.78 is 6.54. The van der Waals surface area contributed by atoms with E-state index in [1.165, 1.54) is 10.8 Å². The zero-order chi connectivity index (χ0) is 13.0. The number of carbonyl (C=O) groups excluding carboxylic acids is 2. The Kier molecular flexibility index (Phi) is 3.79. The second kappa shape index (κ2) is 5.51. The molecule has 0 N–H and O–H groups in total. The normalized spacial score (nSPS) is 10.1. The fourth-order valence-electron chi connectivity index (χ4n) is 1.49. The Hall–Kier alpha value is -2.07. The van der Waals surface area contributed by atoms with E-state index in [0.717, 1.165) is 0 Å². The van der Waals surface area contributed by atoms with Gasteiger partial charge in [-0.15, -0.1) is 0 Å². The summed E-state index contributed by atoms with van der Waals surface area (Å²) in [7, 11) is 0. The molecule has 1 aromatic heterocycles. The van der Waals surface area contributed by atoms with E-state index in [1.807, 2.05) is 0 Å². The summed E-state index contributed by atoms with van der Waals surface area (Å²) in [5.74, 6) is 0.106. The summed E-state index contributed by atoms with van der Waals surface area (Å²) in [6, 6.07) is 10.1. The molecule has 0 radical (unpaired) electrons. The van der Waals surface area contributed by atoms with Crippen LogP contribution in [0.4, 0.5) is 0 Å². The van der Waals surface area contributed by atoms with Crippen molar-refractivity contribution in [2.24, 2.45) is 0 Å². The summed E-state index contributed by atoms with van der Waals surface area (Å²) in [4.78, 5) is 22.5. The Bertz CT molecular complexity index is 577. The number of aldehydes is 1. The van der Waals surface area contributed by atoms with Crippen LogP contribution >= 0.6 is 11.6 Å². The highest BCUT2D eigenvalue weighted by Gasteiger charge is 2.10. The summed E-state index contributed by atoms with van der Waals surface area (Å²) >= 11 is 5.89. The van der Waals surface area contributed by atoms with Crippen molar-refractivity contribution < 1.29 is 14.3 Å². The number of benzene rings is 1. The van der Waals surface area contributed by atoms with E-state index in [9.17, 15) is 9.59 Å². The zero-order valence-electron chi connectivity index (χ0n) is 9.38.